The molecule has 0 radical (unpaired) electrons. The number of nitrogens with one attached hydrogen (secondary N) is 1. The summed E-state index contributed by atoms with van der Waals surface area (Å²) in [6, 6.07) is 0.691. The Balaban J connectivity index is 2.54. The topological polar surface area (TPSA) is 18.5 Å². The molecule has 0 amide bonds. The summed E-state index contributed by atoms with van der Waals surface area (Å²) in [6.07, 6.45) is 2.52. The van der Waals surface area contributed by atoms with Crippen molar-refractivity contribution in [2.24, 2.45) is 5.41 Å². The van der Waals surface area contributed by atoms with Gasteiger partial charge in [-0.25, -0.2) is 0 Å². The van der Waals surface area contributed by atoms with E-state index in [0.717, 1.165) is 6.54 Å². The summed E-state index contributed by atoms with van der Waals surface area (Å²) >= 11 is 0. The van der Waals surface area contributed by atoms with Crippen LogP contribution >= 0.6 is 0 Å². The molecule has 1 rings (SSSR count). The van der Waals surface area contributed by atoms with Gasteiger partial charge >= 0.3 is 0 Å². The van der Waals surface area contributed by atoms with Gasteiger partial charge in [-0.15, -0.1) is 0 Å². The molecule has 0 aromatic rings. The van der Waals surface area contributed by atoms with Crippen molar-refractivity contribution in [1.82, 2.24) is 15.1 Å². The SMILES string of the molecule is CCC(CC)(CNC(C)(C)C)CN1CCN(C(C)C)CC1. The fourth-order valence-corrected chi connectivity index (χ4v) is 3.14. The van der Waals surface area contributed by atoms with Gasteiger partial charge in [0.15, 0.2) is 0 Å². The third-order valence-electron chi connectivity index (χ3n) is 5.19. The molecule has 0 aromatic carbocycles. The van der Waals surface area contributed by atoms with Crippen LogP contribution in [0.4, 0.5) is 0 Å². The molecule has 0 spiro atoms. The van der Waals surface area contributed by atoms with Gasteiger partial charge in [-0.1, -0.05) is 13.8 Å². The minimum absolute atomic E-state index is 0.214. The minimum Gasteiger partial charge on any atom is -0.311 e. The Bertz CT molecular complexity index is 281. The second kappa shape index (κ2) is 7.94. The first-order chi connectivity index (χ1) is 9.71. The molecule has 1 N–H and O–H groups in total. The Morgan fingerprint density at radius 1 is 0.952 bits per heavy atom. The highest BCUT2D eigenvalue weighted by molar-refractivity contribution is 4.87. The van der Waals surface area contributed by atoms with Crippen LogP contribution in [0.5, 0.6) is 0 Å². The van der Waals surface area contributed by atoms with Crippen LogP contribution < -0.4 is 5.32 Å². The third kappa shape index (κ3) is 6.25. The first-order valence-corrected chi connectivity index (χ1v) is 8.93. The quantitative estimate of drug-likeness (QED) is 0.778. The summed E-state index contributed by atoms with van der Waals surface area (Å²) in [6.45, 7) is 23.4. The number of rotatable bonds is 7. The zero-order chi connectivity index (χ0) is 16.1. The highest BCUT2D eigenvalue weighted by Crippen LogP contribution is 2.28. The van der Waals surface area contributed by atoms with Crippen LogP contribution in [0.2, 0.25) is 0 Å². The number of hydrogen-bond donors (Lipinski definition) is 1. The van der Waals surface area contributed by atoms with Crippen LogP contribution in [-0.4, -0.2) is 60.6 Å². The summed E-state index contributed by atoms with van der Waals surface area (Å²) in [4.78, 5) is 5.29. The van der Waals surface area contributed by atoms with Gasteiger partial charge in [0.1, 0.15) is 0 Å². The summed E-state index contributed by atoms with van der Waals surface area (Å²) in [5.41, 5.74) is 0.638. The molecule has 3 heteroatoms. The van der Waals surface area contributed by atoms with Crippen molar-refractivity contribution in [2.45, 2.75) is 72.9 Å². The van der Waals surface area contributed by atoms with Crippen LogP contribution in [0.25, 0.3) is 0 Å². The lowest BCUT2D eigenvalue weighted by molar-refractivity contribution is 0.0630. The Kier molecular flexibility index (Phi) is 7.15. The van der Waals surface area contributed by atoms with Gasteiger partial charge in [0.25, 0.3) is 0 Å². The molecule has 0 aromatic heterocycles. The van der Waals surface area contributed by atoms with Gasteiger partial charge in [-0.2, -0.15) is 0 Å². The van der Waals surface area contributed by atoms with E-state index in [1.165, 1.54) is 45.6 Å². The first-order valence-electron chi connectivity index (χ1n) is 8.93. The fraction of sp³-hybridized carbons (Fsp3) is 1.00. The molecule has 0 saturated carbocycles. The van der Waals surface area contributed by atoms with Crippen molar-refractivity contribution >= 4 is 0 Å². The third-order valence-corrected chi connectivity index (χ3v) is 5.19. The van der Waals surface area contributed by atoms with E-state index in [4.69, 9.17) is 0 Å². The molecule has 0 aliphatic carbocycles. The molecule has 3 nitrogen and oxygen atoms in total. The fourth-order valence-electron chi connectivity index (χ4n) is 3.14. The Labute approximate surface area is 133 Å². The average molecular weight is 298 g/mol. The molecule has 0 unspecified atom stereocenters. The van der Waals surface area contributed by atoms with Gasteiger partial charge in [0.05, 0.1) is 0 Å². The molecule has 21 heavy (non-hydrogen) atoms. The zero-order valence-electron chi connectivity index (χ0n) is 15.6. The van der Waals surface area contributed by atoms with E-state index in [2.05, 4.69) is 63.6 Å². The summed E-state index contributed by atoms with van der Waals surface area (Å²) in [7, 11) is 0. The van der Waals surface area contributed by atoms with E-state index in [1.807, 2.05) is 0 Å². The van der Waals surface area contributed by atoms with Crippen molar-refractivity contribution < 1.29 is 0 Å². The Hall–Kier alpha value is -0.120. The van der Waals surface area contributed by atoms with E-state index in [0.29, 0.717) is 11.5 Å². The maximum Gasteiger partial charge on any atom is 0.0113 e. The largest absolute Gasteiger partial charge is 0.311 e. The molecule has 0 atom stereocenters. The summed E-state index contributed by atoms with van der Waals surface area (Å²) in [5, 5.41) is 3.74. The van der Waals surface area contributed by atoms with E-state index in [9.17, 15) is 0 Å². The van der Waals surface area contributed by atoms with Gasteiger partial charge in [-0.05, 0) is 52.9 Å². The normalized spacial score (nSPS) is 19.4. The number of hydrogen-bond acceptors (Lipinski definition) is 3. The molecule has 0 bridgehead atoms. The average Bonchev–Trinajstić information content (AvgIpc) is 2.43. The maximum atomic E-state index is 3.74. The molecule has 1 aliphatic heterocycles. The van der Waals surface area contributed by atoms with Crippen molar-refractivity contribution in [2.75, 3.05) is 39.3 Å². The minimum atomic E-state index is 0.214. The van der Waals surface area contributed by atoms with E-state index in [1.54, 1.807) is 0 Å². The van der Waals surface area contributed by atoms with Crippen LogP contribution in [0.1, 0.15) is 61.3 Å². The number of nitrogens with zero attached hydrogens (tertiary/aromatic N) is 2. The second-order valence-corrected chi connectivity index (χ2v) is 8.22. The molecular weight excluding hydrogens is 258 g/mol. The van der Waals surface area contributed by atoms with Gasteiger partial charge in [0.2, 0.25) is 0 Å². The lowest BCUT2D eigenvalue weighted by Crippen LogP contribution is -2.54. The highest BCUT2D eigenvalue weighted by atomic mass is 15.3. The van der Waals surface area contributed by atoms with Crippen LogP contribution in [-0.2, 0) is 0 Å². The van der Waals surface area contributed by atoms with E-state index < -0.39 is 0 Å². The van der Waals surface area contributed by atoms with E-state index in [-0.39, 0.29) is 5.54 Å². The van der Waals surface area contributed by atoms with Gasteiger partial charge < -0.3 is 10.2 Å². The van der Waals surface area contributed by atoms with Crippen LogP contribution in [0, 0.1) is 5.41 Å². The van der Waals surface area contributed by atoms with Crippen molar-refractivity contribution in [3.63, 3.8) is 0 Å². The predicted molar refractivity (Wildman–Crippen MR) is 93.9 cm³/mol. The monoisotopic (exact) mass is 297 g/mol. The van der Waals surface area contributed by atoms with Crippen LogP contribution in [0.15, 0.2) is 0 Å². The first kappa shape index (κ1) is 18.9. The van der Waals surface area contributed by atoms with Gasteiger partial charge in [0, 0.05) is 50.8 Å². The number of piperazine rings is 1. The van der Waals surface area contributed by atoms with Crippen molar-refractivity contribution in [3.05, 3.63) is 0 Å². The predicted octanol–water partition coefficient (Wildman–Crippen LogP) is 3.21. The lowest BCUT2D eigenvalue weighted by Gasteiger charge is -2.43. The van der Waals surface area contributed by atoms with Crippen LogP contribution in [0.3, 0.4) is 0 Å². The zero-order valence-corrected chi connectivity index (χ0v) is 15.6. The molecule has 1 saturated heterocycles. The maximum absolute atomic E-state index is 3.74. The Morgan fingerprint density at radius 3 is 1.86 bits per heavy atom. The molecule has 126 valence electrons. The second-order valence-electron chi connectivity index (χ2n) is 8.22. The van der Waals surface area contributed by atoms with Crippen molar-refractivity contribution in [3.8, 4) is 0 Å². The molecule has 1 fully saturated rings. The summed E-state index contributed by atoms with van der Waals surface area (Å²) < 4.78 is 0. The Morgan fingerprint density at radius 2 is 1.48 bits per heavy atom. The smallest absolute Gasteiger partial charge is 0.0113 e. The lowest BCUT2D eigenvalue weighted by atomic mass is 9.80. The standard InChI is InChI=1S/C18H39N3/c1-8-18(9-2,14-19-17(5,6)7)15-20-10-12-21(13-11-20)16(3)4/h16,19H,8-15H2,1-7H3. The highest BCUT2D eigenvalue weighted by Gasteiger charge is 2.31. The molecule has 1 heterocycles. The summed E-state index contributed by atoms with van der Waals surface area (Å²) in [5.74, 6) is 0. The molecular formula is C18H39N3. The van der Waals surface area contributed by atoms with E-state index >= 15 is 0 Å². The molecule has 1 aliphatic rings. The van der Waals surface area contributed by atoms with Gasteiger partial charge in [-0.3, -0.25) is 4.90 Å². The van der Waals surface area contributed by atoms with Crippen molar-refractivity contribution in [1.29, 1.82) is 0 Å².